The zero-order valence-electron chi connectivity index (χ0n) is 15.7. The third-order valence-corrected chi connectivity index (χ3v) is 5.42. The number of nitrogens with zero attached hydrogens (tertiary/aromatic N) is 3. The first-order valence-corrected chi connectivity index (χ1v) is 9.86. The van der Waals surface area contributed by atoms with Crippen molar-refractivity contribution in [1.29, 1.82) is 0 Å². The minimum absolute atomic E-state index is 0.160. The monoisotopic (exact) mass is 402 g/mol. The average Bonchev–Trinajstić information content (AvgIpc) is 3.13. The highest BCUT2D eigenvalue weighted by atomic mass is 32.1. The Morgan fingerprint density at radius 2 is 1.69 bits per heavy atom. The van der Waals surface area contributed by atoms with Crippen LogP contribution < -0.4 is 10.9 Å². The van der Waals surface area contributed by atoms with Gasteiger partial charge in [-0.25, -0.2) is 9.67 Å². The third kappa shape index (κ3) is 4.30. The molecule has 0 fully saturated rings. The van der Waals surface area contributed by atoms with Crippen LogP contribution in [0.15, 0.2) is 77.6 Å². The van der Waals surface area contributed by atoms with E-state index in [-0.39, 0.29) is 11.3 Å². The predicted octanol–water partition coefficient (Wildman–Crippen LogP) is 3.75. The average molecular weight is 402 g/mol. The van der Waals surface area contributed by atoms with E-state index in [0.29, 0.717) is 11.6 Å². The van der Waals surface area contributed by atoms with E-state index in [1.54, 1.807) is 0 Å². The molecule has 2 aromatic carbocycles. The number of benzene rings is 2. The van der Waals surface area contributed by atoms with Gasteiger partial charge < -0.3 is 0 Å². The van der Waals surface area contributed by atoms with Gasteiger partial charge in [-0.15, -0.1) is 0 Å². The fraction of sp³-hybridized carbons (Fsp3) is 0.0909. The number of amides is 1. The first-order chi connectivity index (χ1) is 14.1. The lowest BCUT2D eigenvalue weighted by Gasteiger charge is -2.02. The summed E-state index contributed by atoms with van der Waals surface area (Å²) in [5.41, 5.74) is 2.99. The molecular weight excluding hydrogens is 384 g/mol. The lowest BCUT2D eigenvalue weighted by atomic mass is 10.1. The molecule has 144 valence electrons. The van der Waals surface area contributed by atoms with Crippen molar-refractivity contribution in [2.24, 2.45) is 7.05 Å². The van der Waals surface area contributed by atoms with Gasteiger partial charge in [0.1, 0.15) is 5.69 Å². The number of aromatic nitrogens is 3. The van der Waals surface area contributed by atoms with Crippen molar-refractivity contribution in [2.45, 2.75) is 6.42 Å². The van der Waals surface area contributed by atoms with E-state index in [2.05, 4.69) is 27.5 Å². The lowest BCUT2D eigenvalue weighted by Crippen LogP contribution is -2.23. The molecule has 2 aromatic heterocycles. The van der Waals surface area contributed by atoms with Crippen LogP contribution in [0.3, 0.4) is 0 Å². The fourth-order valence-electron chi connectivity index (χ4n) is 2.91. The smallest absolute Gasteiger partial charge is 0.277 e. The highest BCUT2D eigenvalue weighted by Gasteiger charge is 2.17. The van der Waals surface area contributed by atoms with Crippen molar-refractivity contribution in [1.82, 2.24) is 14.8 Å². The van der Waals surface area contributed by atoms with E-state index in [4.69, 9.17) is 0 Å². The van der Waals surface area contributed by atoms with Crippen LogP contribution in [0.25, 0.3) is 10.4 Å². The Morgan fingerprint density at radius 3 is 2.38 bits per heavy atom. The molecule has 0 atom stereocenters. The summed E-state index contributed by atoms with van der Waals surface area (Å²) < 4.78 is 1.13. The number of hydrogen-bond acceptors (Lipinski definition) is 5. The van der Waals surface area contributed by atoms with Gasteiger partial charge in [-0.1, -0.05) is 72.0 Å². The van der Waals surface area contributed by atoms with Gasteiger partial charge in [0.25, 0.3) is 11.5 Å². The molecular formula is C22H18N4O2S. The van der Waals surface area contributed by atoms with Crippen LogP contribution in [0.5, 0.6) is 0 Å². The minimum Gasteiger partial charge on any atom is -0.296 e. The van der Waals surface area contributed by atoms with Gasteiger partial charge in [0.05, 0.1) is 10.6 Å². The second-order valence-electron chi connectivity index (χ2n) is 6.46. The number of hydrogen-bond donors (Lipinski definition) is 1. The zero-order valence-corrected chi connectivity index (χ0v) is 16.5. The molecule has 0 radical (unpaired) electrons. The molecule has 2 heterocycles. The summed E-state index contributed by atoms with van der Waals surface area (Å²) in [4.78, 5) is 29.7. The van der Waals surface area contributed by atoms with E-state index in [1.165, 1.54) is 30.5 Å². The van der Waals surface area contributed by atoms with Crippen LogP contribution in [0.2, 0.25) is 0 Å². The SMILES string of the molecule is Cn1nc(C(=O)Nc2nc(Cc3ccccc3)c(-c3ccccc3)s2)ccc1=O. The molecule has 4 aromatic rings. The molecule has 0 aliphatic carbocycles. The number of carbonyl (C=O) groups excluding carboxylic acids is 1. The maximum absolute atomic E-state index is 12.6. The molecule has 0 bridgehead atoms. The van der Waals surface area contributed by atoms with Crippen LogP contribution in [0.4, 0.5) is 5.13 Å². The molecule has 1 amide bonds. The maximum atomic E-state index is 12.6. The van der Waals surface area contributed by atoms with Crippen molar-refractivity contribution in [2.75, 3.05) is 5.32 Å². The van der Waals surface area contributed by atoms with Gasteiger partial charge in [-0.3, -0.25) is 14.9 Å². The van der Waals surface area contributed by atoms with Gasteiger partial charge in [0.2, 0.25) is 0 Å². The summed E-state index contributed by atoms with van der Waals surface area (Å²) in [5.74, 6) is -0.403. The van der Waals surface area contributed by atoms with Crippen molar-refractivity contribution in [3.8, 4) is 10.4 Å². The zero-order chi connectivity index (χ0) is 20.2. The molecule has 7 heteroatoms. The van der Waals surface area contributed by atoms with Crippen LogP contribution in [0, 0.1) is 0 Å². The second kappa shape index (κ2) is 8.20. The number of anilines is 1. The Bertz CT molecular complexity index is 1200. The number of carbonyl (C=O) groups is 1. The predicted molar refractivity (Wildman–Crippen MR) is 114 cm³/mol. The summed E-state index contributed by atoms with van der Waals surface area (Å²) in [6.07, 6.45) is 0.662. The summed E-state index contributed by atoms with van der Waals surface area (Å²) in [6, 6.07) is 22.8. The summed E-state index contributed by atoms with van der Waals surface area (Å²) >= 11 is 1.42. The molecule has 0 spiro atoms. The summed E-state index contributed by atoms with van der Waals surface area (Å²) in [6.45, 7) is 0. The Hall–Kier alpha value is -3.58. The standard InChI is InChI=1S/C22H18N4O2S/c1-26-19(27)13-12-17(25-26)21(28)24-22-23-18(14-15-8-4-2-5-9-15)20(29-22)16-10-6-3-7-11-16/h2-13H,14H2,1H3,(H,23,24,28). The van der Waals surface area contributed by atoms with Crippen LogP contribution in [-0.4, -0.2) is 20.7 Å². The number of aryl methyl sites for hydroxylation is 1. The van der Waals surface area contributed by atoms with Crippen molar-refractivity contribution in [3.05, 3.63) is 100 Å². The van der Waals surface area contributed by atoms with Gasteiger partial charge in [-0.2, -0.15) is 5.10 Å². The molecule has 4 rings (SSSR count). The Kier molecular flexibility index (Phi) is 5.31. The van der Waals surface area contributed by atoms with Gasteiger partial charge in [-0.05, 0) is 17.2 Å². The molecule has 0 saturated heterocycles. The Morgan fingerprint density at radius 1 is 1.00 bits per heavy atom. The molecule has 0 aliphatic heterocycles. The third-order valence-electron chi connectivity index (χ3n) is 4.36. The highest BCUT2D eigenvalue weighted by molar-refractivity contribution is 7.19. The van der Waals surface area contributed by atoms with Crippen LogP contribution in [0.1, 0.15) is 21.7 Å². The van der Waals surface area contributed by atoms with E-state index < -0.39 is 5.91 Å². The fourth-order valence-corrected chi connectivity index (χ4v) is 3.90. The molecule has 0 saturated carbocycles. The number of thiazole rings is 1. The minimum atomic E-state index is -0.403. The quantitative estimate of drug-likeness (QED) is 0.552. The molecule has 0 unspecified atom stereocenters. The van der Waals surface area contributed by atoms with Crippen molar-refractivity contribution in [3.63, 3.8) is 0 Å². The molecule has 29 heavy (non-hydrogen) atoms. The van der Waals surface area contributed by atoms with Crippen molar-refractivity contribution < 1.29 is 4.79 Å². The van der Waals surface area contributed by atoms with E-state index >= 15 is 0 Å². The Labute approximate surface area is 171 Å². The molecule has 1 N–H and O–H groups in total. The maximum Gasteiger partial charge on any atom is 0.277 e. The van der Waals surface area contributed by atoms with Gasteiger partial charge >= 0.3 is 0 Å². The van der Waals surface area contributed by atoms with Gasteiger partial charge in [0, 0.05) is 19.5 Å². The summed E-state index contributed by atoms with van der Waals surface area (Å²) in [5, 5.41) is 7.30. The highest BCUT2D eigenvalue weighted by Crippen LogP contribution is 2.34. The first kappa shape index (κ1) is 18.8. The largest absolute Gasteiger partial charge is 0.296 e. The second-order valence-corrected chi connectivity index (χ2v) is 7.46. The number of rotatable bonds is 5. The van der Waals surface area contributed by atoms with E-state index in [0.717, 1.165) is 26.4 Å². The van der Waals surface area contributed by atoms with E-state index in [1.807, 2.05) is 48.5 Å². The van der Waals surface area contributed by atoms with Crippen LogP contribution >= 0.6 is 11.3 Å². The van der Waals surface area contributed by atoms with Crippen LogP contribution in [-0.2, 0) is 13.5 Å². The lowest BCUT2D eigenvalue weighted by molar-refractivity contribution is 0.102. The summed E-state index contributed by atoms with van der Waals surface area (Å²) in [7, 11) is 1.51. The topological polar surface area (TPSA) is 76.9 Å². The van der Waals surface area contributed by atoms with Gasteiger partial charge in [0.15, 0.2) is 5.13 Å². The molecule has 0 aliphatic rings. The Balaban J connectivity index is 1.66. The first-order valence-electron chi connectivity index (χ1n) is 9.05. The van der Waals surface area contributed by atoms with E-state index in [9.17, 15) is 9.59 Å². The number of nitrogens with one attached hydrogen (secondary N) is 1. The molecule has 6 nitrogen and oxygen atoms in total. The normalized spacial score (nSPS) is 10.7. The van der Waals surface area contributed by atoms with Crippen molar-refractivity contribution >= 4 is 22.4 Å².